The Morgan fingerprint density at radius 1 is 1.23 bits per heavy atom. The van der Waals surface area contributed by atoms with Crippen LogP contribution in [0.15, 0.2) is 53.7 Å². The number of rotatable bonds is 0. The van der Waals surface area contributed by atoms with E-state index in [9.17, 15) is 0 Å². The molecule has 0 radical (unpaired) electrons. The number of nitrogens with zero attached hydrogens (tertiary/aromatic N) is 2. The van der Waals surface area contributed by atoms with E-state index in [-0.39, 0.29) is 6.04 Å². The Morgan fingerprint density at radius 3 is 3.23 bits per heavy atom. The lowest BCUT2D eigenvalue weighted by Gasteiger charge is -1.97. The second-order valence-electron chi connectivity index (χ2n) is 3.17. The van der Waals surface area contributed by atoms with Crippen molar-refractivity contribution in [3.05, 3.63) is 59.9 Å². The van der Waals surface area contributed by atoms with Crippen molar-refractivity contribution in [3.63, 3.8) is 0 Å². The van der Waals surface area contributed by atoms with Gasteiger partial charge in [-0.15, -0.1) is 0 Å². The molecule has 0 bridgehead atoms. The lowest BCUT2D eigenvalue weighted by atomic mass is 10.1. The van der Waals surface area contributed by atoms with Gasteiger partial charge in [-0.25, -0.2) is 0 Å². The van der Waals surface area contributed by atoms with Crippen molar-refractivity contribution in [3.8, 4) is 0 Å². The quantitative estimate of drug-likeness (QED) is 0.503. The molecule has 1 aliphatic carbocycles. The highest BCUT2D eigenvalue weighted by molar-refractivity contribution is 5.25. The molecule has 2 heteroatoms. The number of aromatic nitrogens is 1. The zero-order valence-electron chi connectivity index (χ0n) is 7.09. The molecule has 1 aromatic rings. The lowest BCUT2D eigenvalue weighted by Crippen LogP contribution is -2.36. The zero-order valence-corrected chi connectivity index (χ0v) is 7.09. The molecule has 0 fully saturated rings. The summed E-state index contributed by atoms with van der Waals surface area (Å²) in [6.07, 6.45) is 10.4. The first-order valence-electron chi connectivity index (χ1n) is 4.39. The molecule has 0 aromatic carbocycles. The topological polar surface area (TPSA) is 18.3 Å². The van der Waals surface area contributed by atoms with Crippen molar-refractivity contribution >= 4 is 0 Å². The maximum absolute atomic E-state index is 4.56. The van der Waals surface area contributed by atoms with Gasteiger partial charge in [-0.3, -0.25) is 0 Å². The van der Waals surface area contributed by atoms with Gasteiger partial charge in [0.25, 0.3) is 0 Å². The monoisotopic (exact) mass is 169 g/mol. The van der Waals surface area contributed by atoms with Crippen LogP contribution in [0, 0.1) is 5.71 Å². The van der Waals surface area contributed by atoms with Crippen LogP contribution in [0.2, 0.25) is 0 Å². The predicted octanol–water partition coefficient (Wildman–Crippen LogP) is 0.482. The van der Waals surface area contributed by atoms with Crippen molar-refractivity contribution in [2.45, 2.75) is 6.04 Å². The standard InChI is InChI=1S/C11H9N2/c1-2-6-10-9(5-1)12-11-7-3-4-8-13(10)11/h1-9H/q+1. The molecular weight excluding hydrogens is 160 g/mol. The van der Waals surface area contributed by atoms with Crippen molar-refractivity contribution in [1.82, 2.24) is 0 Å². The van der Waals surface area contributed by atoms with Gasteiger partial charge in [0.1, 0.15) is 0 Å². The van der Waals surface area contributed by atoms with Gasteiger partial charge < -0.3 is 0 Å². The number of allylic oxidation sites excluding steroid dienone is 2. The summed E-state index contributed by atoms with van der Waals surface area (Å²) in [4.78, 5) is 4.56. The lowest BCUT2D eigenvalue weighted by molar-refractivity contribution is -0.532. The van der Waals surface area contributed by atoms with E-state index >= 15 is 0 Å². The Balaban J connectivity index is 2.44. The van der Waals surface area contributed by atoms with E-state index in [4.69, 9.17) is 0 Å². The Bertz CT molecular complexity index is 523. The summed E-state index contributed by atoms with van der Waals surface area (Å²) in [6, 6.07) is 6.31. The Morgan fingerprint density at radius 2 is 2.23 bits per heavy atom. The minimum Gasteiger partial charge on any atom is -0.196 e. The van der Waals surface area contributed by atoms with Gasteiger partial charge in [0, 0.05) is 6.07 Å². The summed E-state index contributed by atoms with van der Waals surface area (Å²) in [6.45, 7) is 0. The van der Waals surface area contributed by atoms with Crippen LogP contribution in [0.4, 0.5) is 0 Å². The number of hydrogen-bond donors (Lipinski definition) is 0. The number of pyridine rings is 1. The Hall–Kier alpha value is -1.70. The average molecular weight is 169 g/mol. The second-order valence-corrected chi connectivity index (χ2v) is 3.17. The van der Waals surface area contributed by atoms with Crippen LogP contribution in [0.1, 0.15) is 0 Å². The van der Waals surface area contributed by atoms with E-state index in [1.165, 1.54) is 5.71 Å². The smallest absolute Gasteiger partial charge is 0.196 e. The largest absolute Gasteiger partial charge is 0.323 e. The first-order chi connectivity index (χ1) is 6.45. The molecule has 2 nitrogen and oxygen atoms in total. The molecule has 1 aliphatic heterocycles. The zero-order chi connectivity index (χ0) is 8.67. The fraction of sp³-hybridized carbons (Fsp3) is 0.0909. The van der Waals surface area contributed by atoms with Gasteiger partial charge in [0.05, 0.1) is 6.20 Å². The van der Waals surface area contributed by atoms with Gasteiger partial charge >= 0.3 is 5.49 Å². The molecule has 2 aliphatic rings. The average Bonchev–Trinajstić information content (AvgIpc) is 2.56. The van der Waals surface area contributed by atoms with E-state index in [2.05, 4.69) is 33.7 Å². The molecule has 0 amide bonds. The minimum atomic E-state index is 0.229. The Labute approximate surface area is 75.9 Å². The predicted molar refractivity (Wildman–Crippen MR) is 48.5 cm³/mol. The minimum absolute atomic E-state index is 0.229. The molecular formula is C11H9N2+. The Kier molecular flexibility index (Phi) is 1.25. The molecule has 1 unspecified atom stereocenters. The third-order valence-electron chi connectivity index (χ3n) is 2.36. The van der Waals surface area contributed by atoms with Gasteiger partial charge in [-0.05, 0) is 18.2 Å². The van der Waals surface area contributed by atoms with E-state index < -0.39 is 0 Å². The molecule has 0 saturated carbocycles. The van der Waals surface area contributed by atoms with Crippen molar-refractivity contribution in [2.24, 2.45) is 4.99 Å². The fourth-order valence-electron chi connectivity index (χ4n) is 1.75. The molecule has 2 heterocycles. The summed E-state index contributed by atoms with van der Waals surface area (Å²) in [5, 5.41) is 0. The normalized spacial score (nSPS) is 22.5. The van der Waals surface area contributed by atoms with Crippen LogP contribution < -0.4 is 9.73 Å². The first-order valence-corrected chi connectivity index (χ1v) is 4.39. The van der Waals surface area contributed by atoms with Gasteiger partial charge in [0.15, 0.2) is 5.71 Å². The van der Waals surface area contributed by atoms with Crippen LogP contribution in [-0.2, 0) is 0 Å². The summed E-state index contributed by atoms with van der Waals surface area (Å²) < 4.78 is 2.13. The molecule has 3 rings (SSSR count). The maximum Gasteiger partial charge on any atom is 0.323 e. The molecule has 0 saturated heterocycles. The van der Waals surface area contributed by atoms with E-state index in [0.29, 0.717) is 0 Å². The van der Waals surface area contributed by atoms with Crippen LogP contribution in [0.5, 0.6) is 0 Å². The van der Waals surface area contributed by atoms with Gasteiger partial charge in [0.2, 0.25) is 6.04 Å². The molecule has 13 heavy (non-hydrogen) atoms. The van der Waals surface area contributed by atoms with Crippen LogP contribution in [-0.4, -0.2) is 6.04 Å². The third kappa shape index (κ3) is 0.886. The number of hydrogen-bond acceptors (Lipinski definition) is 1. The van der Waals surface area contributed by atoms with Crippen LogP contribution >= 0.6 is 0 Å². The van der Waals surface area contributed by atoms with Crippen molar-refractivity contribution < 1.29 is 4.24 Å². The highest BCUT2D eigenvalue weighted by Gasteiger charge is 2.25. The van der Waals surface area contributed by atoms with Crippen molar-refractivity contribution in [1.29, 1.82) is 0 Å². The molecule has 1 aromatic heterocycles. The van der Waals surface area contributed by atoms with Gasteiger partial charge in [-0.2, -0.15) is 4.24 Å². The van der Waals surface area contributed by atoms with E-state index in [0.717, 1.165) is 5.49 Å². The fourth-order valence-corrected chi connectivity index (χ4v) is 1.75. The maximum atomic E-state index is 4.56. The first kappa shape index (κ1) is 6.78. The highest BCUT2D eigenvalue weighted by atomic mass is 15.0. The molecule has 0 N–H and O–H groups in total. The van der Waals surface area contributed by atoms with Crippen LogP contribution in [0.3, 0.4) is 0 Å². The molecule has 1 atom stereocenters. The second kappa shape index (κ2) is 2.39. The van der Waals surface area contributed by atoms with Crippen molar-refractivity contribution in [2.75, 3.05) is 0 Å². The number of fused-ring (bicyclic) bond motifs is 2. The van der Waals surface area contributed by atoms with E-state index in [1.807, 2.05) is 24.3 Å². The SMILES string of the molecule is C1=CC2=[n+]3ccccc3=NC2C=C1. The van der Waals surface area contributed by atoms with Gasteiger partial charge in [-0.1, -0.05) is 23.2 Å². The van der Waals surface area contributed by atoms with Crippen LogP contribution in [0.25, 0.3) is 0 Å². The van der Waals surface area contributed by atoms with E-state index in [1.54, 1.807) is 0 Å². The summed E-state index contributed by atoms with van der Waals surface area (Å²) in [7, 11) is 0. The summed E-state index contributed by atoms with van der Waals surface area (Å²) in [5.41, 5.74) is 2.29. The highest BCUT2D eigenvalue weighted by Crippen LogP contribution is 2.10. The third-order valence-corrected chi connectivity index (χ3v) is 2.36. The summed E-state index contributed by atoms with van der Waals surface area (Å²) in [5.74, 6) is 0. The molecule has 0 spiro atoms. The molecule has 62 valence electrons. The summed E-state index contributed by atoms with van der Waals surface area (Å²) >= 11 is 0.